The maximum atomic E-state index is 12.9. The van der Waals surface area contributed by atoms with Gasteiger partial charge in [0.15, 0.2) is 6.10 Å². The van der Waals surface area contributed by atoms with Crippen LogP contribution in [0, 0.1) is 5.82 Å². The Labute approximate surface area is 151 Å². The van der Waals surface area contributed by atoms with Crippen molar-refractivity contribution in [2.75, 3.05) is 0 Å². The van der Waals surface area contributed by atoms with Gasteiger partial charge < -0.3 is 15.0 Å². The van der Waals surface area contributed by atoms with Crippen LogP contribution in [0.2, 0.25) is 0 Å². The minimum atomic E-state index is -4.47. The van der Waals surface area contributed by atoms with Gasteiger partial charge in [-0.15, -0.1) is 0 Å². The maximum absolute atomic E-state index is 12.9. The number of benzene rings is 2. The number of aliphatic hydroxyl groups is 1. The molecule has 2 N–H and O–H groups in total. The summed E-state index contributed by atoms with van der Waals surface area (Å²) in [6.45, 7) is -0.0936. The standard InChI is InChI=1S/C18H15F4N3O2/c1-25-14-7-4-11(18(20,21)22)8-13(14)24-15(25)9-23-17(27)16(26)10-2-5-12(19)6-3-10/h2-8,16,26H,9H2,1H3,(H,23,27). The summed E-state index contributed by atoms with van der Waals surface area (Å²) in [6, 6.07) is 8.02. The van der Waals surface area contributed by atoms with Crippen LogP contribution in [0.3, 0.4) is 0 Å². The van der Waals surface area contributed by atoms with Gasteiger partial charge in [0.05, 0.1) is 23.1 Å². The Morgan fingerprint density at radius 3 is 2.52 bits per heavy atom. The van der Waals surface area contributed by atoms with Crippen LogP contribution in [0.4, 0.5) is 17.6 Å². The molecule has 27 heavy (non-hydrogen) atoms. The van der Waals surface area contributed by atoms with Gasteiger partial charge in [-0.2, -0.15) is 13.2 Å². The highest BCUT2D eigenvalue weighted by Gasteiger charge is 2.31. The molecule has 1 heterocycles. The van der Waals surface area contributed by atoms with Crippen molar-refractivity contribution in [3.05, 3.63) is 65.2 Å². The van der Waals surface area contributed by atoms with Gasteiger partial charge in [0.1, 0.15) is 11.6 Å². The van der Waals surface area contributed by atoms with E-state index in [9.17, 15) is 27.5 Å². The lowest BCUT2D eigenvalue weighted by atomic mass is 10.1. The van der Waals surface area contributed by atoms with Crippen molar-refractivity contribution in [3.8, 4) is 0 Å². The van der Waals surface area contributed by atoms with Gasteiger partial charge in [0, 0.05) is 7.05 Å². The van der Waals surface area contributed by atoms with E-state index in [4.69, 9.17) is 0 Å². The van der Waals surface area contributed by atoms with E-state index in [1.165, 1.54) is 18.2 Å². The van der Waals surface area contributed by atoms with Crippen LogP contribution in [0.25, 0.3) is 11.0 Å². The number of rotatable bonds is 4. The van der Waals surface area contributed by atoms with Crippen LogP contribution in [-0.4, -0.2) is 20.6 Å². The van der Waals surface area contributed by atoms with Crippen molar-refractivity contribution >= 4 is 16.9 Å². The minimum Gasteiger partial charge on any atom is -0.378 e. The van der Waals surface area contributed by atoms with Crippen molar-refractivity contribution in [3.63, 3.8) is 0 Å². The number of carbonyl (C=O) groups excluding carboxylic acids is 1. The first-order valence-electron chi connectivity index (χ1n) is 7.90. The van der Waals surface area contributed by atoms with Gasteiger partial charge in [-0.1, -0.05) is 12.1 Å². The first-order chi connectivity index (χ1) is 12.7. The molecule has 5 nitrogen and oxygen atoms in total. The number of alkyl halides is 3. The molecule has 0 spiro atoms. The number of amides is 1. The van der Waals surface area contributed by atoms with Gasteiger partial charge in [0.25, 0.3) is 5.91 Å². The number of imidazole rings is 1. The molecule has 3 aromatic rings. The van der Waals surface area contributed by atoms with E-state index in [1.54, 1.807) is 11.6 Å². The molecule has 1 amide bonds. The summed E-state index contributed by atoms with van der Waals surface area (Å²) in [4.78, 5) is 16.2. The number of aliphatic hydroxyl groups excluding tert-OH is 1. The Hall–Kier alpha value is -2.94. The molecule has 9 heteroatoms. The average Bonchev–Trinajstić information content (AvgIpc) is 2.94. The minimum absolute atomic E-state index is 0.0936. The predicted molar refractivity (Wildman–Crippen MR) is 88.9 cm³/mol. The van der Waals surface area contributed by atoms with Crippen LogP contribution < -0.4 is 5.32 Å². The normalized spacial score (nSPS) is 13.0. The van der Waals surface area contributed by atoms with Crippen molar-refractivity contribution in [2.24, 2.45) is 7.05 Å². The zero-order valence-electron chi connectivity index (χ0n) is 14.1. The highest BCUT2D eigenvalue weighted by Crippen LogP contribution is 2.31. The first-order valence-corrected chi connectivity index (χ1v) is 7.90. The number of hydrogen-bond acceptors (Lipinski definition) is 3. The number of halogens is 4. The number of nitrogens with zero attached hydrogens (tertiary/aromatic N) is 2. The molecule has 3 rings (SSSR count). The van der Waals surface area contributed by atoms with E-state index >= 15 is 0 Å². The van der Waals surface area contributed by atoms with E-state index in [-0.39, 0.29) is 17.6 Å². The third-order valence-electron chi connectivity index (χ3n) is 4.16. The van der Waals surface area contributed by atoms with E-state index in [0.717, 1.165) is 24.3 Å². The van der Waals surface area contributed by atoms with Crippen molar-refractivity contribution < 1.29 is 27.5 Å². The molecule has 0 saturated carbocycles. The molecule has 0 saturated heterocycles. The molecule has 2 aromatic carbocycles. The zero-order valence-corrected chi connectivity index (χ0v) is 14.1. The molecule has 0 radical (unpaired) electrons. The summed E-state index contributed by atoms with van der Waals surface area (Å²) < 4.78 is 52.9. The molecule has 0 bridgehead atoms. The third-order valence-corrected chi connectivity index (χ3v) is 4.16. The Morgan fingerprint density at radius 1 is 1.22 bits per heavy atom. The summed E-state index contributed by atoms with van der Waals surface area (Å²) in [5.74, 6) is -0.905. The molecule has 1 aromatic heterocycles. The highest BCUT2D eigenvalue weighted by molar-refractivity contribution is 5.82. The number of nitrogens with one attached hydrogen (secondary N) is 1. The highest BCUT2D eigenvalue weighted by atomic mass is 19.4. The van der Waals surface area contributed by atoms with Gasteiger partial charge in [-0.3, -0.25) is 4.79 Å². The molecule has 1 atom stereocenters. The molecular formula is C18H15F4N3O2. The van der Waals surface area contributed by atoms with Crippen molar-refractivity contribution in [1.29, 1.82) is 0 Å². The SMILES string of the molecule is Cn1c(CNC(=O)C(O)c2ccc(F)cc2)nc2cc(C(F)(F)F)ccc21. The maximum Gasteiger partial charge on any atom is 0.416 e. The second kappa shape index (κ2) is 6.99. The number of aryl methyl sites for hydroxylation is 1. The molecule has 0 fully saturated rings. The van der Waals surface area contributed by atoms with Crippen LogP contribution in [-0.2, 0) is 24.6 Å². The molecule has 0 aliphatic heterocycles. The van der Waals surface area contributed by atoms with Gasteiger partial charge in [0.2, 0.25) is 0 Å². The number of carbonyl (C=O) groups is 1. The molecule has 0 aliphatic carbocycles. The third kappa shape index (κ3) is 3.92. The molecule has 1 unspecified atom stereocenters. The van der Waals surface area contributed by atoms with Crippen LogP contribution >= 0.6 is 0 Å². The van der Waals surface area contributed by atoms with Crippen LogP contribution in [0.15, 0.2) is 42.5 Å². The largest absolute Gasteiger partial charge is 0.416 e. The fourth-order valence-corrected chi connectivity index (χ4v) is 2.64. The van der Waals surface area contributed by atoms with Crippen LogP contribution in [0.5, 0.6) is 0 Å². The van der Waals surface area contributed by atoms with Gasteiger partial charge in [-0.05, 0) is 35.9 Å². The molecule has 0 aliphatic rings. The number of hydrogen-bond donors (Lipinski definition) is 2. The topological polar surface area (TPSA) is 67.2 Å². The average molecular weight is 381 g/mol. The van der Waals surface area contributed by atoms with Gasteiger partial charge >= 0.3 is 6.18 Å². The summed E-state index contributed by atoms with van der Waals surface area (Å²) >= 11 is 0. The number of aromatic nitrogens is 2. The fraction of sp³-hybridized carbons (Fsp3) is 0.222. The lowest BCUT2D eigenvalue weighted by Crippen LogP contribution is -2.29. The summed E-state index contributed by atoms with van der Waals surface area (Å²) in [5.41, 5.74) is 0.0335. The van der Waals surface area contributed by atoms with E-state index in [2.05, 4.69) is 10.3 Å². The lowest BCUT2D eigenvalue weighted by Gasteiger charge is -2.11. The second-order valence-corrected chi connectivity index (χ2v) is 5.96. The smallest absolute Gasteiger partial charge is 0.378 e. The van der Waals surface area contributed by atoms with Crippen molar-refractivity contribution in [2.45, 2.75) is 18.8 Å². The Bertz CT molecular complexity index is 981. The second-order valence-electron chi connectivity index (χ2n) is 5.96. The van der Waals surface area contributed by atoms with Crippen molar-refractivity contribution in [1.82, 2.24) is 14.9 Å². The molecule has 142 valence electrons. The number of fused-ring (bicyclic) bond motifs is 1. The Balaban J connectivity index is 1.75. The van der Waals surface area contributed by atoms with E-state index < -0.39 is 29.6 Å². The van der Waals surface area contributed by atoms with E-state index in [0.29, 0.717) is 11.3 Å². The monoisotopic (exact) mass is 381 g/mol. The van der Waals surface area contributed by atoms with Gasteiger partial charge in [-0.25, -0.2) is 9.37 Å². The summed E-state index contributed by atoms with van der Waals surface area (Å²) in [7, 11) is 1.61. The first kappa shape index (κ1) is 18.8. The predicted octanol–water partition coefficient (Wildman–Crippen LogP) is 3.08. The molecular weight excluding hydrogens is 366 g/mol. The Morgan fingerprint density at radius 2 is 1.89 bits per heavy atom. The zero-order chi connectivity index (χ0) is 19.8. The fourth-order valence-electron chi connectivity index (χ4n) is 2.64. The quantitative estimate of drug-likeness (QED) is 0.683. The lowest BCUT2D eigenvalue weighted by molar-refractivity contribution is -0.137. The van der Waals surface area contributed by atoms with Crippen LogP contribution in [0.1, 0.15) is 23.1 Å². The Kier molecular flexibility index (Phi) is 4.88. The summed E-state index contributed by atoms with van der Waals surface area (Å²) in [6.07, 6.45) is -5.98. The summed E-state index contributed by atoms with van der Waals surface area (Å²) in [5, 5.41) is 12.5. The van der Waals surface area contributed by atoms with E-state index in [1.807, 2.05) is 0 Å².